The fourth-order valence-corrected chi connectivity index (χ4v) is 2.09. The van der Waals surface area contributed by atoms with Gasteiger partial charge in [-0.2, -0.15) is 0 Å². The molecule has 0 unspecified atom stereocenters. The number of rotatable bonds is 4. The van der Waals surface area contributed by atoms with Crippen LogP contribution < -0.4 is 5.32 Å². The molecule has 0 bridgehead atoms. The summed E-state index contributed by atoms with van der Waals surface area (Å²) in [5.41, 5.74) is 0.657. The molecule has 0 atom stereocenters. The van der Waals surface area contributed by atoms with Gasteiger partial charge in [-0.3, -0.25) is 9.59 Å². The summed E-state index contributed by atoms with van der Waals surface area (Å²) in [7, 11) is 0. The van der Waals surface area contributed by atoms with Gasteiger partial charge in [-0.1, -0.05) is 13.0 Å². The first-order chi connectivity index (χ1) is 9.22. The Balaban J connectivity index is 2.10. The predicted molar refractivity (Wildman–Crippen MR) is 72.0 cm³/mol. The number of likely N-dealkylation sites (tertiary alicyclic amines) is 1. The zero-order valence-corrected chi connectivity index (χ0v) is 11.2. The van der Waals surface area contributed by atoms with Crippen LogP contribution in [-0.4, -0.2) is 41.3 Å². The Morgan fingerprint density at radius 3 is 2.63 bits per heavy atom. The van der Waals surface area contributed by atoms with Crippen LogP contribution in [0.4, 0.5) is 0 Å². The van der Waals surface area contributed by atoms with E-state index in [0.29, 0.717) is 17.9 Å². The standard InChI is InChI=1S/C14H19N3O2/c1-2-8-15-13(18)11-6-5-7-12(16-11)14(19)17-9-3-4-10-17/h5-7H,2-4,8-10H2,1H3,(H,15,18). The molecular weight excluding hydrogens is 242 g/mol. The number of nitrogens with one attached hydrogen (secondary N) is 1. The number of pyridine rings is 1. The second kappa shape index (κ2) is 6.31. The van der Waals surface area contributed by atoms with Gasteiger partial charge >= 0.3 is 0 Å². The highest BCUT2D eigenvalue weighted by Crippen LogP contribution is 2.11. The lowest BCUT2D eigenvalue weighted by Gasteiger charge is -2.14. The molecule has 19 heavy (non-hydrogen) atoms. The molecule has 1 N–H and O–H groups in total. The minimum atomic E-state index is -0.224. The van der Waals surface area contributed by atoms with Crippen molar-refractivity contribution in [3.8, 4) is 0 Å². The number of carbonyl (C=O) groups excluding carboxylic acids is 2. The van der Waals surface area contributed by atoms with Crippen LogP contribution >= 0.6 is 0 Å². The quantitative estimate of drug-likeness (QED) is 0.892. The fraction of sp³-hybridized carbons (Fsp3) is 0.500. The molecule has 1 aromatic heterocycles. The zero-order chi connectivity index (χ0) is 13.7. The van der Waals surface area contributed by atoms with Crippen LogP contribution in [0.15, 0.2) is 18.2 Å². The largest absolute Gasteiger partial charge is 0.351 e. The van der Waals surface area contributed by atoms with Crippen molar-refractivity contribution in [2.24, 2.45) is 0 Å². The van der Waals surface area contributed by atoms with Gasteiger partial charge in [-0.05, 0) is 31.4 Å². The third kappa shape index (κ3) is 3.30. The van der Waals surface area contributed by atoms with Gasteiger partial charge in [-0.25, -0.2) is 4.98 Å². The van der Waals surface area contributed by atoms with Gasteiger partial charge in [0.1, 0.15) is 11.4 Å². The second-order valence-electron chi connectivity index (χ2n) is 4.66. The summed E-state index contributed by atoms with van der Waals surface area (Å²) >= 11 is 0. The van der Waals surface area contributed by atoms with Crippen LogP contribution in [0.1, 0.15) is 47.2 Å². The lowest BCUT2D eigenvalue weighted by molar-refractivity contribution is 0.0787. The van der Waals surface area contributed by atoms with E-state index in [9.17, 15) is 9.59 Å². The minimum absolute atomic E-state index is 0.0809. The van der Waals surface area contributed by atoms with E-state index in [2.05, 4.69) is 10.3 Å². The maximum Gasteiger partial charge on any atom is 0.272 e. The van der Waals surface area contributed by atoms with Crippen LogP contribution in [-0.2, 0) is 0 Å². The number of aromatic nitrogens is 1. The van der Waals surface area contributed by atoms with E-state index in [1.165, 1.54) is 0 Å². The SMILES string of the molecule is CCCNC(=O)c1cccc(C(=O)N2CCCC2)n1. The molecule has 2 amide bonds. The molecule has 2 heterocycles. The van der Waals surface area contributed by atoms with E-state index < -0.39 is 0 Å². The van der Waals surface area contributed by atoms with Crippen molar-refractivity contribution in [3.05, 3.63) is 29.6 Å². The average molecular weight is 261 g/mol. The Morgan fingerprint density at radius 1 is 1.26 bits per heavy atom. The van der Waals surface area contributed by atoms with Crippen LogP contribution in [0.25, 0.3) is 0 Å². The molecule has 0 aliphatic carbocycles. The Kier molecular flexibility index (Phi) is 4.49. The maximum absolute atomic E-state index is 12.2. The summed E-state index contributed by atoms with van der Waals surface area (Å²) in [6.45, 7) is 4.17. The number of amides is 2. The normalized spacial score (nSPS) is 14.5. The Bertz CT molecular complexity index is 468. The lowest BCUT2D eigenvalue weighted by atomic mass is 10.2. The second-order valence-corrected chi connectivity index (χ2v) is 4.66. The summed E-state index contributed by atoms with van der Waals surface area (Å²) in [5, 5.41) is 2.76. The van der Waals surface area contributed by atoms with Gasteiger partial charge < -0.3 is 10.2 Å². The highest BCUT2D eigenvalue weighted by molar-refractivity contribution is 5.96. The van der Waals surface area contributed by atoms with Gasteiger partial charge in [0.05, 0.1) is 0 Å². The van der Waals surface area contributed by atoms with Crippen molar-refractivity contribution in [2.75, 3.05) is 19.6 Å². The van der Waals surface area contributed by atoms with E-state index in [4.69, 9.17) is 0 Å². The van der Waals surface area contributed by atoms with Gasteiger partial charge in [0.15, 0.2) is 0 Å². The van der Waals surface area contributed by atoms with Crippen molar-refractivity contribution in [1.82, 2.24) is 15.2 Å². The number of carbonyl (C=O) groups is 2. The molecule has 1 aliphatic rings. The lowest BCUT2D eigenvalue weighted by Crippen LogP contribution is -2.30. The Labute approximate surface area is 113 Å². The highest BCUT2D eigenvalue weighted by atomic mass is 16.2. The van der Waals surface area contributed by atoms with Crippen molar-refractivity contribution in [3.63, 3.8) is 0 Å². The molecule has 1 fully saturated rings. The number of hydrogen-bond acceptors (Lipinski definition) is 3. The van der Waals surface area contributed by atoms with E-state index in [1.54, 1.807) is 23.1 Å². The van der Waals surface area contributed by atoms with Gasteiger partial charge in [0, 0.05) is 19.6 Å². The molecule has 0 spiro atoms. The summed E-state index contributed by atoms with van der Waals surface area (Å²) in [5.74, 6) is -0.305. The zero-order valence-electron chi connectivity index (χ0n) is 11.2. The molecule has 0 aromatic carbocycles. The molecule has 1 saturated heterocycles. The molecule has 102 valence electrons. The minimum Gasteiger partial charge on any atom is -0.351 e. The van der Waals surface area contributed by atoms with Crippen molar-refractivity contribution in [1.29, 1.82) is 0 Å². The summed E-state index contributed by atoms with van der Waals surface area (Å²) < 4.78 is 0. The summed E-state index contributed by atoms with van der Waals surface area (Å²) in [6.07, 6.45) is 2.96. The smallest absolute Gasteiger partial charge is 0.272 e. The first-order valence-corrected chi connectivity index (χ1v) is 6.77. The number of nitrogens with zero attached hydrogens (tertiary/aromatic N) is 2. The van der Waals surface area contributed by atoms with Crippen LogP contribution in [0.2, 0.25) is 0 Å². The average Bonchev–Trinajstić information content (AvgIpc) is 2.98. The fourth-order valence-electron chi connectivity index (χ4n) is 2.09. The topological polar surface area (TPSA) is 62.3 Å². The van der Waals surface area contributed by atoms with E-state index in [1.807, 2.05) is 6.92 Å². The van der Waals surface area contributed by atoms with Crippen molar-refractivity contribution < 1.29 is 9.59 Å². The molecule has 0 saturated carbocycles. The molecular formula is C14H19N3O2. The molecule has 1 aromatic rings. The van der Waals surface area contributed by atoms with Crippen LogP contribution in [0.3, 0.4) is 0 Å². The van der Waals surface area contributed by atoms with Crippen LogP contribution in [0.5, 0.6) is 0 Å². The monoisotopic (exact) mass is 261 g/mol. The van der Waals surface area contributed by atoms with Crippen molar-refractivity contribution >= 4 is 11.8 Å². The maximum atomic E-state index is 12.2. The number of hydrogen-bond donors (Lipinski definition) is 1. The van der Waals surface area contributed by atoms with E-state index >= 15 is 0 Å². The van der Waals surface area contributed by atoms with Crippen molar-refractivity contribution in [2.45, 2.75) is 26.2 Å². The van der Waals surface area contributed by atoms with E-state index in [-0.39, 0.29) is 11.8 Å². The third-order valence-corrected chi connectivity index (χ3v) is 3.13. The first-order valence-electron chi connectivity index (χ1n) is 6.77. The van der Waals surface area contributed by atoms with Gasteiger partial charge in [-0.15, -0.1) is 0 Å². The van der Waals surface area contributed by atoms with Crippen LogP contribution in [0, 0.1) is 0 Å². The molecule has 0 radical (unpaired) electrons. The molecule has 5 heteroatoms. The predicted octanol–water partition coefficient (Wildman–Crippen LogP) is 1.46. The summed E-state index contributed by atoms with van der Waals surface area (Å²) in [6, 6.07) is 5.00. The molecule has 2 rings (SSSR count). The molecule has 5 nitrogen and oxygen atoms in total. The molecule has 1 aliphatic heterocycles. The summed E-state index contributed by atoms with van der Waals surface area (Å²) in [4.78, 5) is 29.9. The first kappa shape index (κ1) is 13.5. The Hall–Kier alpha value is -1.91. The van der Waals surface area contributed by atoms with Gasteiger partial charge in [0.25, 0.3) is 11.8 Å². The Morgan fingerprint density at radius 2 is 1.95 bits per heavy atom. The van der Waals surface area contributed by atoms with E-state index in [0.717, 1.165) is 32.4 Å². The third-order valence-electron chi connectivity index (χ3n) is 3.13. The van der Waals surface area contributed by atoms with Gasteiger partial charge in [0.2, 0.25) is 0 Å². The highest BCUT2D eigenvalue weighted by Gasteiger charge is 2.21.